The summed E-state index contributed by atoms with van der Waals surface area (Å²) < 4.78 is 16.3. The van der Waals surface area contributed by atoms with Crippen molar-refractivity contribution in [3.8, 4) is 5.75 Å². The van der Waals surface area contributed by atoms with Gasteiger partial charge in [-0.15, -0.1) is 0 Å². The molecular weight excluding hydrogens is 316 g/mol. The predicted octanol–water partition coefficient (Wildman–Crippen LogP) is 3.09. The quantitative estimate of drug-likeness (QED) is 0.621. The van der Waals surface area contributed by atoms with E-state index in [2.05, 4.69) is 5.32 Å². The molecule has 0 spiro atoms. The van der Waals surface area contributed by atoms with Crippen molar-refractivity contribution in [2.24, 2.45) is 0 Å². The average molecular weight is 334 g/mol. The number of benzene rings is 2. The lowest BCUT2D eigenvalue weighted by Crippen LogP contribution is -2.02. The lowest BCUT2D eigenvalue weighted by atomic mass is 10.1. The molecule has 0 radical (unpaired) electrons. The zero-order chi connectivity index (χ0) is 16.8. The van der Waals surface area contributed by atoms with Crippen LogP contribution in [0.1, 0.15) is 11.1 Å². The first-order valence-electron chi connectivity index (χ1n) is 6.93. The molecule has 0 saturated carbocycles. The number of nitro groups is 1. The van der Waals surface area contributed by atoms with Gasteiger partial charge in [-0.05, 0) is 29.3 Å². The molecule has 6 nitrogen and oxygen atoms in total. The van der Waals surface area contributed by atoms with Crippen molar-refractivity contribution in [2.75, 3.05) is 18.7 Å². The van der Waals surface area contributed by atoms with Crippen LogP contribution in [0.2, 0.25) is 0 Å². The Morgan fingerprint density at radius 1 is 1.22 bits per heavy atom. The van der Waals surface area contributed by atoms with Gasteiger partial charge in [0.15, 0.2) is 5.75 Å². The Bertz CT molecular complexity index is 734. The third-order valence-electron chi connectivity index (χ3n) is 3.23. The van der Waals surface area contributed by atoms with E-state index in [1.54, 1.807) is 18.4 Å². The maximum Gasteiger partial charge on any atom is 0.311 e. The Hall–Kier alpha value is -2.41. The molecule has 122 valence electrons. The van der Waals surface area contributed by atoms with Crippen LogP contribution >= 0.6 is 0 Å². The third kappa shape index (κ3) is 4.79. The highest BCUT2D eigenvalue weighted by Crippen LogP contribution is 2.27. The van der Waals surface area contributed by atoms with Crippen LogP contribution < -0.4 is 10.1 Å². The van der Waals surface area contributed by atoms with Crippen molar-refractivity contribution in [3.05, 3.63) is 63.7 Å². The fraction of sp³-hybridized carbons (Fsp3) is 0.250. The van der Waals surface area contributed by atoms with Crippen LogP contribution in [-0.4, -0.2) is 22.5 Å². The number of nitrogens with zero attached hydrogens (tertiary/aromatic N) is 1. The Morgan fingerprint density at radius 3 is 2.65 bits per heavy atom. The Balaban J connectivity index is 2.10. The van der Waals surface area contributed by atoms with Gasteiger partial charge in [0.05, 0.1) is 12.0 Å². The van der Waals surface area contributed by atoms with Gasteiger partial charge in [-0.2, -0.15) is 0 Å². The summed E-state index contributed by atoms with van der Waals surface area (Å²) in [6, 6.07) is 12.5. The summed E-state index contributed by atoms with van der Waals surface area (Å²) in [4.78, 5) is 10.6. The number of methoxy groups -OCH3 is 1. The molecule has 0 saturated heterocycles. The molecule has 0 bridgehead atoms. The smallest absolute Gasteiger partial charge is 0.311 e. The van der Waals surface area contributed by atoms with E-state index < -0.39 is 15.7 Å². The molecule has 1 N–H and O–H groups in total. The minimum absolute atomic E-state index is 0.0538. The van der Waals surface area contributed by atoms with E-state index in [0.29, 0.717) is 12.3 Å². The summed E-state index contributed by atoms with van der Waals surface area (Å²) in [5, 5.41) is 14.2. The van der Waals surface area contributed by atoms with Crippen LogP contribution in [0, 0.1) is 10.1 Å². The van der Waals surface area contributed by atoms with E-state index >= 15 is 0 Å². The second-order valence-electron chi connectivity index (χ2n) is 5.03. The van der Waals surface area contributed by atoms with Crippen molar-refractivity contribution >= 4 is 22.2 Å². The summed E-state index contributed by atoms with van der Waals surface area (Å²) in [6.07, 6.45) is 1.66. The first-order valence-corrected chi connectivity index (χ1v) is 8.66. The molecule has 1 unspecified atom stereocenters. The van der Waals surface area contributed by atoms with E-state index in [1.165, 1.54) is 13.2 Å². The Labute approximate surface area is 137 Å². The number of nitro benzene ring substituents is 1. The molecular formula is C16H18N2O4S. The van der Waals surface area contributed by atoms with Crippen molar-refractivity contribution < 1.29 is 13.9 Å². The topological polar surface area (TPSA) is 81.5 Å². The largest absolute Gasteiger partial charge is 0.490 e. The highest BCUT2D eigenvalue weighted by atomic mass is 32.2. The van der Waals surface area contributed by atoms with Gasteiger partial charge < -0.3 is 10.1 Å². The number of hydrogen-bond acceptors (Lipinski definition) is 5. The zero-order valence-electron chi connectivity index (χ0n) is 12.9. The molecule has 0 heterocycles. The molecule has 1 atom stereocenters. The van der Waals surface area contributed by atoms with Crippen molar-refractivity contribution in [2.45, 2.75) is 12.3 Å². The minimum atomic E-state index is -0.894. The van der Waals surface area contributed by atoms with Gasteiger partial charge in [-0.3, -0.25) is 14.3 Å². The third-order valence-corrected chi connectivity index (χ3v) is 3.97. The molecule has 0 aliphatic rings. The molecule has 0 aliphatic heterocycles. The first kappa shape index (κ1) is 17.0. The van der Waals surface area contributed by atoms with Gasteiger partial charge in [-0.1, -0.05) is 18.2 Å². The van der Waals surface area contributed by atoms with Crippen molar-refractivity contribution in [3.63, 3.8) is 0 Å². The average Bonchev–Trinajstić information content (AvgIpc) is 2.52. The summed E-state index contributed by atoms with van der Waals surface area (Å²) >= 11 is 0. The van der Waals surface area contributed by atoms with Gasteiger partial charge in [0.25, 0.3) is 0 Å². The summed E-state index contributed by atoms with van der Waals surface area (Å²) in [5.41, 5.74) is 2.59. The Kier molecular flexibility index (Phi) is 5.70. The van der Waals surface area contributed by atoms with Gasteiger partial charge in [-0.25, -0.2) is 0 Å². The first-order chi connectivity index (χ1) is 11.0. The van der Waals surface area contributed by atoms with Crippen LogP contribution in [0.15, 0.2) is 42.5 Å². The van der Waals surface area contributed by atoms with E-state index in [9.17, 15) is 14.3 Å². The highest BCUT2D eigenvalue weighted by Gasteiger charge is 2.14. The van der Waals surface area contributed by atoms with Crippen molar-refractivity contribution in [1.82, 2.24) is 0 Å². The lowest BCUT2D eigenvalue weighted by Gasteiger charge is -2.09. The van der Waals surface area contributed by atoms with Gasteiger partial charge >= 0.3 is 5.69 Å². The number of rotatable bonds is 7. The van der Waals surface area contributed by atoms with E-state index in [0.717, 1.165) is 16.8 Å². The van der Waals surface area contributed by atoms with E-state index in [-0.39, 0.29) is 11.4 Å². The number of anilines is 1. The molecule has 7 heteroatoms. The monoisotopic (exact) mass is 334 g/mol. The van der Waals surface area contributed by atoms with E-state index in [1.807, 2.05) is 24.3 Å². The molecule has 23 heavy (non-hydrogen) atoms. The highest BCUT2D eigenvalue weighted by molar-refractivity contribution is 7.83. The normalized spacial score (nSPS) is 11.7. The molecule has 2 rings (SSSR count). The van der Waals surface area contributed by atoms with Crippen molar-refractivity contribution in [1.29, 1.82) is 0 Å². The summed E-state index contributed by atoms with van der Waals surface area (Å²) in [7, 11) is 0.513. The van der Waals surface area contributed by atoms with Crippen LogP contribution in [0.5, 0.6) is 5.75 Å². The summed E-state index contributed by atoms with van der Waals surface area (Å²) in [5.74, 6) is 0.745. The van der Waals surface area contributed by atoms with Gasteiger partial charge in [0.1, 0.15) is 0 Å². The number of ether oxygens (including phenoxy) is 1. The van der Waals surface area contributed by atoms with Crippen LogP contribution in [0.25, 0.3) is 0 Å². The minimum Gasteiger partial charge on any atom is -0.490 e. The maximum absolute atomic E-state index is 11.3. The van der Waals surface area contributed by atoms with Crippen LogP contribution in [0.3, 0.4) is 0 Å². The standard InChI is InChI=1S/C16H18N2O4S/c1-22-16-7-6-12(9-15(16)18(19)20)10-17-14-5-3-4-13(8-14)11-23(2)21/h3-9,17H,10-11H2,1-2H3. The SMILES string of the molecule is COc1ccc(CNc2cccc(CS(C)=O)c2)cc1[N+](=O)[O-]. The second-order valence-corrected chi connectivity index (χ2v) is 6.47. The summed E-state index contributed by atoms with van der Waals surface area (Å²) in [6.45, 7) is 0.448. The molecule has 0 aliphatic carbocycles. The lowest BCUT2D eigenvalue weighted by molar-refractivity contribution is -0.385. The number of hydrogen-bond donors (Lipinski definition) is 1. The van der Waals surface area contributed by atoms with Gasteiger partial charge in [0.2, 0.25) is 0 Å². The maximum atomic E-state index is 11.3. The van der Waals surface area contributed by atoms with Gasteiger partial charge in [0, 0.05) is 41.1 Å². The second kappa shape index (κ2) is 7.73. The van der Waals surface area contributed by atoms with Crippen LogP contribution in [0.4, 0.5) is 11.4 Å². The Morgan fingerprint density at radius 2 is 2.00 bits per heavy atom. The number of nitrogens with one attached hydrogen (secondary N) is 1. The van der Waals surface area contributed by atoms with Crippen LogP contribution in [-0.2, 0) is 23.1 Å². The zero-order valence-corrected chi connectivity index (χ0v) is 13.8. The molecule has 2 aromatic rings. The fourth-order valence-electron chi connectivity index (χ4n) is 2.20. The molecule has 2 aromatic carbocycles. The van der Waals surface area contributed by atoms with E-state index in [4.69, 9.17) is 4.74 Å². The fourth-order valence-corrected chi connectivity index (χ4v) is 2.85. The predicted molar refractivity (Wildman–Crippen MR) is 91.2 cm³/mol. The molecule has 0 amide bonds. The molecule has 0 aromatic heterocycles. The molecule has 0 fully saturated rings.